The topological polar surface area (TPSA) is 73.6 Å². The summed E-state index contributed by atoms with van der Waals surface area (Å²) in [5.74, 6) is -0.727. The quantitative estimate of drug-likeness (QED) is 0.702. The van der Waals surface area contributed by atoms with E-state index in [9.17, 15) is 18.0 Å². The summed E-state index contributed by atoms with van der Waals surface area (Å²) in [5.41, 5.74) is 5.16. The Labute approximate surface area is 170 Å². The van der Waals surface area contributed by atoms with Gasteiger partial charge < -0.3 is 20.4 Å². The van der Waals surface area contributed by atoms with Gasteiger partial charge in [-0.3, -0.25) is 4.79 Å². The van der Waals surface area contributed by atoms with Crippen LogP contribution in [0.2, 0.25) is 0 Å². The lowest BCUT2D eigenvalue weighted by Gasteiger charge is -2.32. The molecule has 1 saturated heterocycles. The highest BCUT2D eigenvalue weighted by atomic mass is 19.4. The molecule has 0 aromatic heterocycles. The molecule has 162 valence electrons. The molecule has 29 heavy (non-hydrogen) atoms. The molecule has 0 bridgehead atoms. The Bertz CT molecular complexity index is 705. The highest BCUT2D eigenvalue weighted by molar-refractivity contribution is 6.62. The van der Waals surface area contributed by atoms with Gasteiger partial charge in [0.2, 0.25) is 5.91 Å². The van der Waals surface area contributed by atoms with Crippen molar-refractivity contribution in [3.05, 3.63) is 29.8 Å². The second-order valence-electron chi connectivity index (χ2n) is 8.97. The van der Waals surface area contributed by atoms with E-state index in [0.717, 1.165) is 0 Å². The number of nitrogens with one attached hydrogen (secondary N) is 1. The number of amides is 1. The number of hydrogen-bond donors (Lipinski definition) is 2. The van der Waals surface area contributed by atoms with Crippen LogP contribution in [0.4, 0.5) is 13.2 Å². The van der Waals surface area contributed by atoms with E-state index in [-0.39, 0.29) is 11.5 Å². The fourth-order valence-electron chi connectivity index (χ4n) is 3.04. The van der Waals surface area contributed by atoms with Crippen LogP contribution in [0.15, 0.2) is 24.3 Å². The normalized spacial score (nSPS) is 20.6. The van der Waals surface area contributed by atoms with E-state index >= 15 is 0 Å². The van der Waals surface area contributed by atoms with Crippen molar-refractivity contribution in [3.8, 4) is 0 Å². The summed E-state index contributed by atoms with van der Waals surface area (Å²) in [6.07, 6.45) is -4.35. The molecule has 3 N–H and O–H groups in total. The first-order chi connectivity index (χ1) is 13.1. The number of carbonyl (C=O) groups excluding carboxylic acids is 1. The lowest BCUT2D eigenvalue weighted by molar-refractivity contribution is -0.163. The minimum Gasteiger partial charge on any atom is -0.399 e. The highest BCUT2D eigenvalue weighted by Gasteiger charge is 2.51. The van der Waals surface area contributed by atoms with Gasteiger partial charge in [-0.25, -0.2) is 0 Å². The van der Waals surface area contributed by atoms with Crippen molar-refractivity contribution in [1.82, 2.24) is 5.32 Å². The second-order valence-corrected chi connectivity index (χ2v) is 8.97. The zero-order valence-electron chi connectivity index (χ0n) is 17.8. The first kappa shape index (κ1) is 23.7. The minimum absolute atomic E-state index is 0.0807. The van der Waals surface area contributed by atoms with E-state index in [1.165, 1.54) is 24.3 Å². The summed E-state index contributed by atoms with van der Waals surface area (Å²) in [6, 6.07) is 2.57. The van der Waals surface area contributed by atoms with Crippen LogP contribution in [0.1, 0.15) is 59.6 Å². The number of alkyl halides is 3. The van der Waals surface area contributed by atoms with Crippen molar-refractivity contribution in [2.75, 3.05) is 0 Å². The summed E-state index contributed by atoms with van der Waals surface area (Å²) < 4.78 is 52.6. The van der Waals surface area contributed by atoms with Crippen LogP contribution in [0.3, 0.4) is 0 Å². The van der Waals surface area contributed by atoms with Gasteiger partial charge in [-0.1, -0.05) is 38.1 Å². The smallest absolute Gasteiger partial charge is 0.399 e. The average Bonchev–Trinajstić information content (AvgIpc) is 2.78. The molecule has 1 amide bonds. The first-order valence-corrected chi connectivity index (χ1v) is 9.72. The Morgan fingerprint density at radius 1 is 1.10 bits per heavy atom. The van der Waals surface area contributed by atoms with Crippen LogP contribution in [0.25, 0.3) is 0 Å². The van der Waals surface area contributed by atoms with Crippen LogP contribution in [-0.2, 0) is 14.1 Å². The summed E-state index contributed by atoms with van der Waals surface area (Å²) in [7, 11) is -0.674. The number of carbonyl (C=O) groups is 1. The van der Waals surface area contributed by atoms with Gasteiger partial charge in [0, 0.05) is 0 Å². The van der Waals surface area contributed by atoms with Crippen molar-refractivity contribution in [1.29, 1.82) is 0 Å². The fourth-order valence-corrected chi connectivity index (χ4v) is 3.04. The third kappa shape index (κ3) is 5.52. The predicted octanol–water partition coefficient (Wildman–Crippen LogP) is 3.08. The van der Waals surface area contributed by atoms with Crippen molar-refractivity contribution >= 4 is 18.5 Å². The minimum atomic E-state index is -4.65. The number of nitrogens with two attached hydrogens (primary N) is 1. The molecule has 5 nitrogen and oxygen atoms in total. The van der Waals surface area contributed by atoms with Gasteiger partial charge in [-0.2, -0.15) is 13.2 Å². The van der Waals surface area contributed by atoms with Crippen molar-refractivity contribution in [3.63, 3.8) is 0 Å². The zero-order valence-corrected chi connectivity index (χ0v) is 17.8. The van der Waals surface area contributed by atoms with E-state index in [0.29, 0.717) is 11.9 Å². The average molecular weight is 414 g/mol. The maximum Gasteiger partial charge on any atom is 0.494 e. The van der Waals surface area contributed by atoms with Gasteiger partial charge in [-0.15, -0.1) is 0 Å². The zero-order chi connectivity index (χ0) is 22.2. The van der Waals surface area contributed by atoms with Crippen molar-refractivity contribution in [2.45, 2.75) is 77.4 Å². The van der Waals surface area contributed by atoms with E-state index in [1.807, 2.05) is 46.9 Å². The SMILES string of the molecule is CC(C)C[C@H](N)C(=O)N[C@@H](c1ccc(B2OC(C)(C)C(C)(C)O2)cc1)C(F)(F)F. The molecule has 0 unspecified atom stereocenters. The second kappa shape index (κ2) is 8.28. The Kier molecular flexibility index (Phi) is 6.77. The van der Waals surface area contributed by atoms with Crippen molar-refractivity contribution < 1.29 is 27.3 Å². The molecule has 1 aromatic carbocycles. The maximum atomic E-state index is 13.6. The van der Waals surface area contributed by atoms with E-state index < -0.39 is 42.5 Å². The predicted molar refractivity (Wildman–Crippen MR) is 107 cm³/mol. The lowest BCUT2D eigenvalue weighted by atomic mass is 9.78. The van der Waals surface area contributed by atoms with E-state index in [2.05, 4.69) is 0 Å². The molecule has 1 aliphatic rings. The molecule has 2 atom stereocenters. The van der Waals surface area contributed by atoms with Gasteiger partial charge in [0.25, 0.3) is 0 Å². The number of hydrogen-bond acceptors (Lipinski definition) is 4. The molecule has 1 aliphatic heterocycles. The molecule has 0 radical (unpaired) electrons. The third-order valence-corrected chi connectivity index (χ3v) is 5.47. The molecular formula is C20H30BF3N2O3. The molecule has 1 heterocycles. The standard InChI is InChI=1S/C20H30BF3N2O3/c1-12(2)11-15(25)17(27)26-16(20(22,23)24)13-7-9-14(10-8-13)21-28-18(3,4)19(5,6)29-21/h7-10,12,15-16H,11,25H2,1-6H3,(H,26,27)/t15-,16-/m0/s1. The van der Waals surface area contributed by atoms with E-state index in [4.69, 9.17) is 15.0 Å². The molecule has 2 rings (SSSR count). The van der Waals surface area contributed by atoms with Crippen LogP contribution in [0.5, 0.6) is 0 Å². The summed E-state index contributed by atoms with van der Waals surface area (Å²) >= 11 is 0. The van der Waals surface area contributed by atoms with Crippen LogP contribution < -0.4 is 16.5 Å². The van der Waals surface area contributed by atoms with Gasteiger partial charge >= 0.3 is 13.3 Å². The fraction of sp³-hybridized carbons (Fsp3) is 0.650. The molecule has 0 aliphatic carbocycles. The van der Waals surface area contributed by atoms with Crippen LogP contribution in [-0.4, -0.2) is 36.4 Å². The van der Waals surface area contributed by atoms with Gasteiger partial charge in [0.05, 0.1) is 17.2 Å². The highest BCUT2D eigenvalue weighted by Crippen LogP contribution is 2.37. The Balaban J connectivity index is 2.19. The number of rotatable bonds is 6. The summed E-state index contributed by atoms with van der Waals surface area (Å²) in [6.45, 7) is 11.3. The molecule has 1 fully saturated rings. The molecular weight excluding hydrogens is 384 g/mol. The number of benzene rings is 1. The molecule has 0 saturated carbocycles. The Morgan fingerprint density at radius 2 is 1.59 bits per heavy atom. The first-order valence-electron chi connectivity index (χ1n) is 9.72. The Morgan fingerprint density at radius 3 is 2.00 bits per heavy atom. The van der Waals surface area contributed by atoms with Gasteiger partial charge in [-0.05, 0) is 51.1 Å². The number of halogens is 3. The monoisotopic (exact) mass is 414 g/mol. The summed E-state index contributed by atoms with van der Waals surface area (Å²) in [4.78, 5) is 12.2. The molecule has 9 heteroatoms. The van der Waals surface area contributed by atoms with E-state index in [1.54, 1.807) is 0 Å². The van der Waals surface area contributed by atoms with Crippen molar-refractivity contribution in [2.24, 2.45) is 11.7 Å². The third-order valence-electron chi connectivity index (χ3n) is 5.47. The van der Waals surface area contributed by atoms with Gasteiger partial charge in [0.15, 0.2) is 6.04 Å². The van der Waals surface area contributed by atoms with Crippen LogP contribution in [0, 0.1) is 5.92 Å². The molecule has 1 aromatic rings. The van der Waals surface area contributed by atoms with Gasteiger partial charge in [0.1, 0.15) is 0 Å². The summed E-state index contributed by atoms with van der Waals surface area (Å²) in [5, 5.41) is 2.04. The Hall–Kier alpha value is -1.58. The largest absolute Gasteiger partial charge is 0.494 e. The maximum absolute atomic E-state index is 13.6. The lowest BCUT2D eigenvalue weighted by Crippen LogP contribution is -2.46. The molecule has 0 spiro atoms. The van der Waals surface area contributed by atoms with Crippen LogP contribution >= 0.6 is 0 Å².